The summed E-state index contributed by atoms with van der Waals surface area (Å²) in [5, 5.41) is 2.84. The Labute approximate surface area is 66.2 Å². The van der Waals surface area contributed by atoms with Crippen molar-refractivity contribution in [3.8, 4) is 0 Å². The smallest absolute Gasteiger partial charge is 0.260 e. The number of alkyl halides is 2. The van der Waals surface area contributed by atoms with Crippen LogP contribution in [0.15, 0.2) is 0 Å². The number of piperidine rings is 1. The molecule has 0 radical (unpaired) electrons. The average Bonchev–Trinajstić information content (AvgIpc) is 1.86. The van der Waals surface area contributed by atoms with E-state index >= 15 is 0 Å². The van der Waals surface area contributed by atoms with Crippen LogP contribution >= 0.6 is 0 Å². The highest BCUT2D eigenvalue weighted by Gasteiger charge is 2.36. The third-order valence-electron chi connectivity index (χ3n) is 2.28. The van der Waals surface area contributed by atoms with E-state index in [-0.39, 0.29) is 0 Å². The Morgan fingerprint density at radius 3 is 2.45 bits per heavy atom. The largest absolute Gasteiger partial charge is 0.309 e. The minimum absolute atomic E-state index is 0.437. The Balaban J connectivity index is 2.46. The summed E-state index contributed by atoms with van der Waals surface area (Å²) in [6, 6.07) is -0.605. The van der Waals surface area contributed by atoms with Crippen LogP contribution in [0, 0.1) is 5.92 Å². The lowest BCUT2D eigenvalue weighted by Crippen LogP contribution is -2.47. The molecule has 0 amide bonds. The molecule has 3 heteroatoms. The summed E-state index contributed by atoms with van der Waals surface area (Å²) in [5.74, 6) is -2.12. The SMILES string of the molecule is CC1CCNC(C(C)(F)F)C1. The molecule has 11 heavy (non-hydrogen) atoms. The molecule has 1 aliphatic heterocycles. The van der Waals surface area contributed by atoms with E-state index in [0.29, 0.717) is 12.3 Å². The number of nitrogens with one attached hydrogen (secondary N) is 1. The lowest BCUT2D eigenvalue weighted by molar-refractivity contribution is -0.0324. The first-order valence-electron chi connectivity index (χ1n) is 4.11. The molecule has 0 aromatic heterocycles. The summed E-state index contributed by atoms with van der Waals surface area (Å²) in [5.41, 5.74) is 0. The first-order valence-corrected chi connectivity index (χ1v) is 4.11. The van der Waals surface area contributed by atoms with Crippen LogP contribution in [0.25, 0.3) is 0 Å². The van der Waals surface area contributed by atoms with Crippen molar-refractivity contribution in [2.24, 2.45) is 5.92 Å². The molecule has 0 aromatic carbocycles. The number of halogens is 2. The van der Waals surface area contributed by atoms with Gasteiger partial charge in [-0.25, -0.2) is 8.78 Å². The third-order valence-corrected chi connectivity index (χ3v) is 2.28. The van der Waals surface area contributed by atoms with Gasteiger partial charge in [0.2, 0.25) is 0 Å². The number of rotatable bonds is 1. The second-order valence-electron chi connectivity index (χ2n) is 3.59. The number of hydrogen-bond acceptors (Lipinski definition) is 1. The molecule has 1 rings (SSSR count). The van der Waals surface area contributed by atoms with Gasteiger partial charge in [-0.1, -0.05) is 6.92 Å². The molecule has 66 valence electrons. The molecular formula is C8H15F2N. The van der Waals surface area contributed by atoms with Gasteiger partial charge in [0.25, 0.3) is 5.92 Å². The van der Waals surface area contributed by atoms with Gasteiger partial charge >= 0.3 is 0 Å². The van der Waals surface area contributed by atoms with E-state index in [9.17, 15) is 8.78 Å². The van der Waals surface area contributed by atoms with Crippen molar-refractivity contribution >= 4 is 0 Å². The molecule has 1 saturated heterocycles. The molecule has 0 aromatic rings. The highest BCUT2D eigenvalue weighted by atomic mass is 19.3. The van der Waals surface area contributed by atoms with E-state index in [0.717, 1.165) is 19.9 Å². The van der Waals surface area contributed by atoms with E-state index in [1.807, 2.05) is 6.92 Å². The molecule has 1 fully saturated rings. The van der Waals surface area contributed by atoms with Crippen LogP contribution in [0.1, 0.15) is 26.7 Å². The zero-order chi connectivity index (χ0) is 8.48. The highest BCUT2D eigenvalue weighted by Crippen LogP contribution is 2.26. The van der Waals surface area contributed by atoms with Crippen LogP contribution in [0.2, 0.25) is 0 Å². The lowest BCUT2D eigenvalue weighted by Gasteiger charge is -2.31. The van der Waals surface area contributed by atoms with E-state index in [1.54, 1.807) is 0 Å². The molecule has 1 nitrogen and oxygen atoms in total. The van der Waals surface area contributed by atoms with Crippen molar-refractivity contribution in [1.29, 1.82) is 0 Å². The standard InChI is InChI=1S/C8H15F2N/c1-6-3-4-11-7(5-6)8(2,9)10/h6-7,11H,3-5H2,1-2H3. The lowest BCUT2D eigenvalue weighted by atomic mass is 9.91. The average molecular weight is 163 g/mol. The van der Waals surface area contributed by atoms with Crippen molar-refractivity contribution in [3.63, 3.8) is 0 Å². The van der Waals surface area contributed by atoms with Gasteiger partial charge in [-0.05, 0) is 25.3 Å². The first-order chi connectivity index (χ1) is 5.00. The predicted octanol–water partition coefficient (Wildman–Crippen LogP) is 2.03. The second kappa shape index (κ2) is 3.05. The van der Waals surface area contributed by atoms with Crippen LogP contribution in [0.3, 0.4) is 0 Å². The van der Waals surface area contributed by atoms with Gasteiger partial charge in [0.15, 0.2) is 0 Å². The molecule has 1 aliphatic rings. The van der Waals surface area contributed by atoms with E-state index < -0.39 is 12.0 Å². The van der Waals surface area contributed by atoms with Crippen molar-refractivity contribution in [2.75, 3.05) is 6.54 Å². The minimum Gasteiger partial charge on any atom is -0.309 e. The molecule has 2 unspecified atom stereocenters. The van der Waals surface area contributed by atoms with E-state index in [4.69, 9.17) is 0 Å². The van der Waals surface area contributed by atoms with Gasteiger partial charge in [0.1, 0.15) is 0 Å². The fraction of sp³-hybridized carbons (Fsp3) is 1.00. The molecule has 1 heterocycles. The highest BCUT2D eigenvalue weighted by molar-refractivity contribution is 4.84. The van der Waals surface area contributed by atoms with Crippen LogP contribution < -0.4 is 5.32 Å². The monoisotopic (exact) mass is 163 g/mol. The fourth-order valence-corrected chi connectivity index (χ4v) is 1.49. The summed E-state index contributed by atoms with van der Waals surface area (Å²) in [6.07, 6.45) is 1.62. The Kier molecular flexibility index (Phi) is 2.47. The molecule has 0 aliphatic carbocycles. The van der Waals surface area contributed by atoms with Gasteiger partial charge in [-0.15, -0.1) is 0 Å². The van der Waals surface area contributed by atoms with Gasteiger partial charge in [-0.3, -0.25) is 0 Å². The third kappa shape index (κ3) is 2.40. The number of hydrogen-bond donors (Lipinski definition) is 1. The van der Waals surface area contributed by atoms with Crippen LogP contribution in [0.5, 0.6) is 0 Å². The fourth-order valence-electron chi connectivity index (χ4n) is 1.49. The first kappa shape index (κ1) is 8.91. The summed E-state index contributed by atoms with van der Waals surface area (Å²) < 4.78 is 25.4. The van der Waals surface area contributed by atoms with Gasteiger partial charge in [0.05, 0.1) is 6.04 Å². The van der Waals surface area contributed by atoms with Gasteiger partial charge in [0, 0.05) is 6.92 Å². The molecule has 0 saturated carbocycles. The Hall–Kier alpha value is -0.180. The minimum atomic E-state index is -2.56. The second-order valence-corrected chi connectivity index (χ2v) is 3.59. The maximum atomic E-state index is 12.7. The van der Waals surface area contributed by atoms with Crippen LogP contribution in [-0.4, -0.2) is 18.5 Å². The Morgan fingerprint density at radius 2 is 2.09 bits per heavy atom. The van der Waals surface area contributed by atoms with Gasteiger partial charge in [-0.2, -0.15) is 0 Å². The zero-order valence-electron chi connectivity index (χ0n) is 7.03. The van der Waals surface area contributed by atoms with Crippen molar-refractivity contribution in [1.82, 2.24) is 5.32 Å². The van der Waals surface area contributed by atoms with Crippen molar-refractivity contribution in [2.45, 2.75) is 38.7 Å². The molecule has 0 spiro atoms. The van der Waals surface area contributed by atoms with Gasteiger partial charge < -0.3 is 5.32 Å². The quantitative estimate of drug-likeness (QED) is 0.623. The van der Waals surface area contributed by atoms with Crippen LogP contribution in [0.4, 0.5) is 8.78 Å². The van der Waals surface area contributed by atoms with E-state index in [1.165, 1.54) is 0 Å². The van der Waals surface area contributed by atoms with Crippen molar-refractivity contribution < 1.29 is 8.78 Å². The Bertz CT molecular complexity index is 131. The normalized spacial score (nSPS) is 33.8. The summed E-state index contributed by atoms with van der Waals surface area (Å²) in [6.45, 7) is 3.75. The molecular weight excluding hydrogens is 148 g/mol. The molecule has 0 bridgehead atoms. The Morgan fingerprint density at radius 1 is 1.45 bits per heavy atom. The predicted molar refractivity (Wildman–Crippen MR) is 40.8 cm³/mol. The van der Waals surface area contributed by atoms with E-state index in [2.05, 4.69) is 5.32 Å². The van der Waals surface area contributed by atoms with Crippen LogP contribution in [-0.2, 0) is 0 Å². The summed E-state index contributed by atoms with van der Waals surface area (Å²) in [7, 11) is 0. The molecule has 1 N–H and O–H groups in total. The topological polar surface area (TPSA) is 12.0 Å². The summed E-state index contributed by atoms with van der Waals surface area (Å²) >= 11 is 0. The summed E-state index contributed by atoms with van der Waals surface area (Å²) in [4.78, 5) is 0. The molecule has 2 atom stereocenters. The maximum Gasteiger partial charge on any atom is 0.260 e. The zero-order valence-corrected chi connectivity index (χ0v) is 7.03. The maximum absolute atomic E-state index is 12.7. The van der Waals surface area contributed by atoms with Crippen molar-refractivity contribution in [3.05, 3.63) is 0 Å².